The lowest BCUT2D eigenvalue weighted by Crippen LogP contribution is -2.56. The van der Waals surface area contributed by atoms with E-state index in [9.17, 15) is 5.11 Å². The summed E-state index contributed by atoms with van der Waals surface area (Å²) in [6.07, 6.45) is -0.306. The lowest BCUT2D eigenvalue weighted by Gasteiger charge is -2.43. The Labute approximate surface area is 99.0 Å². The number of ether oxygens (including phenoxy) is 1. The molecule has 0 aliphatic carbocycles. The van der Waals surface area contributed by atoms with Crippen molar-refractivity contribution in [1.29, 1.82) is 0 Å². The quantitative estimate of drug-likeness (QED) is 0.720. The molecule has 0 saturated carbocycles. The normalized spacial score (nSPS) is 23.6. The Hall–Kier alpha value is -0.160. The average Bonchev–Trinajstić information content (AvgIpc) is 2.18. The van der Waals surface area contributed by atoms with Gasteiger partial charge in [-0.05, 0) is 13.8 Å². The molecule has 1 atom stereocenters. The molecule has 1 aliphatic heterocycles. The minimum absolute atomic E-state index is 0.0388. The summed E-state index contributed by atoms with van der Waals surface area (Å²) in [6.45, 7) is 12.3. The van der Waals surface area contributed by atoms with E-state index in [2.05, 4.69) is 37.9 Å². The van der Waals surface area contributed by atoms with Crippen molar-refractivity contribution in [1.82, 2.24) is 10.2 Å². The second kappa shape index (κ2) is 5.96. The number of nitrogens with zero attached hydrogens (tertiary/aromatic N) is 1. The van der Waals surface area contributed by atoms with Crippen molar-refractivity contribution < 1.29 is 9.84 Å². The van der Waals surface area contributed by atoms with Gasteiger partial charge >= 0.3 is 0 Å². The van der Waals surface area contributed by atoms with E-state index in [1.54, 1.807) is 0 Å². The van der Waals surface area contributed by atoms with Gasteiger partial charge in [0.15, 0.2) is 0 Å². The van der Waals surface area contributed by atoms with Crippen LogP contribution >= 0.6 is 0 Å². The number of aliphatic hydroxyl groups excluding tert-OH is 1. The number of hydrogen-bond acceptors (Lipinski definition) is 4. The fourth-order valence-electron chi connectivity index (χ4n) is 1.92. The summed E-state index contributed by atoms with van der Waals surface area (Å²) >= 11 is 0. The summed E-state index contributed by atoms with van der Waals surface area (Å²) in [7, 11) is 0. The van der Waals surface area contributed by atoms with Crippen molar-refractivity contribution in [2.24, 2.45) is 0 Å². The summed E-state index contributed by atoms with van der Waals surface area (Å²) < 4.78 is 5.46. The first-order valence-corrected chi connectivity index (χ1v) is 6.16. The van der Waals surface area contributed by atoms with Gasteiger partial charge in [-0.3, -0.25) is 4.90 Å². The zero-order valence-electron chi connectivity index (χ0n) is 11.0. The van der Waals surface area contributed by atoms with Crippen LogP contribution in [0.5, 0.6) is 0 Å². The largest absolute Gasteiger partial charge is 0.390 e. The summed E-state index contributed by atoms with van der Waals surface area (Å²) in [6, 6.07) is 0.423. The second-order valence-electron chi connectivity index (χ2n) is 5.53. The molecule has 0 aromatic rings. The second-order valence-corrected chi connectivity index (χ2v) is 5.53. The van der Waals surface area contributed by atoms with Crippen molar-refractivity contribution >= 4 is 0 Å². The third-order valence-electron chi connectivity index (χ3n) is 3.01. The predicted octanol–water partition coefficient (Wildman–Crippen LogP) is 0.456. The van der Waals surface area contributed by atoms with Crippen LogP contribution in [0.2, 0.25) is 0 Å². The van der Waals surface area contributed by atoms with Crippen LogP contribution in [-0.4, -0.2) is 60.5 Å². The molecule has 0 spiro atoms. The van der Waals surface area contributed by atoms with Gasteiger partial charge in [0, 0.05) is 31.2 Å². The SMILES string of the molecule is CC(C)NCC(O)CN1CCOCC1(C)C. The van der Waals surface area contributed by atoms with Gasteiger partial charge < -0.3 is 15.2 Å². The minimum Gasteiger partial charge on any atom is -0.390 e. The molecule has 1 rings (SSSR count). The molecule has 1 heterocycles. The van der Waals surface area contributed by atoms with Gasteiger partial charge in [0.05, 0.1) is 19.3 Å². The highest BCUT2D eigenvalue weighted by Gasteiger charge is 2.31. The molecular formula is C12H26N2O2. The Balaban J connectivity index is 2.34. The number of rotatable bonds is 5. The number of morpholine rings is 1. The van der Waals surface area contributed by atoms with Crippen LogP contribution in [0.25, 0.3) is 0 Å². The molecule has 1 fully saturated rings. The summed E-state index contributed by atoms with van der Waals surface area (Å²) in [5.41, 5.74) is 0.0388. The number of aliphatic hydroxyl groups is 1. The number of nitrogens with one attached hydrogen (secondary N) is 1. The third-order valence-corrected chi connectivity index (χ3v) is 3.01. The summed E-state index contributed by atoms with van der Waals surface area (Å²) in [5, 5.41) is 13.2. The van der Waals surface area contributed by atoms with E-state index >= 15 is 0 Å². The maximum Gasteiger partial charge on any atom is 0.0791 e. The molecule has 1 unspecified atom stereocenters. The van der Waals surface area contributed by atoms with Gasteiger partial charge in [-0.15, -0.1) is 0 Å². The van der Waals surface area contributed by atoms with Crippen LogP contribution in [0.1, 0.15) is 27.7 Å². The molecule has 96 valence electrons. The fraction of sp³-hybridized carbons (Fsp3) is 1.00. The first kappa shape index (κ1) is 13.9. The van der Waals surface area contributed by atoms with Crippen molar-refractivity contribution in [3.05, 3.63) is 0 Å². The summed E-state index contributed by atoms with van der Waals surface area (Å²) in [5.74, 6) is 0. The van der Waals surface area contributed by atoms with E-state index in [1.165, 1.54) is 0 Å². The monoisotopic (exact) mass is 230 g/mol. The molecule has 1 aliphatic rings. The standard InChI is InChI=1S/C12H26N2O2/c1-10(2)13-7-11(15)8-14-5-6-16-9-12(14,3)4/h10-11,13,15H,5-9H2,1-4H3. The lowest BCUT2D eigenvalue weighted by atomic mass is 10.0. The van der Waals surface area contributed by atoms with Crippen molar-refractivity contribution in [2.45, 2.75) is 45.4 Å². The molecule has 0 amide bonds. The highest BCUT2D eigenvalue weighted by molar-refractivity contribution is 4.86. The highest BCUT2D eigenvalue weighted by atomic mass is 16.5. The van der Waals surface area contributed by atoms with E-state index in [0.29, 0.717) is 12.6 Å². The van der Waals surface area contributed by atoms with Gasteiger partial charge in [0.25, 0.3) is 0 Å². The van der Waals surface area contributed by atoms with Gasteiger partial charge in [0.1, 0.15) is 0 Å². The van der Waals surface area contributed by atoms with Gasteiger partial charge in [-0.2, -0.15) is 0 Å². The highest BCUT2D eigenvalue weighted by Crippen LogP contribution is 2.18. The lowest BCUT2D eigenvalue weighted by molar-refractivity contribution is -0.0660. The molecule has 0 bridgehead atoms. The van der Waals surface area contributed by atoms with E-state index in [0.717, 1.165) is 26.3 Å². The summed E-state index contributed by atoms with van der Waals surface area (Å²) in [4.78, 5) is 2.31. The Morgan fingerprint density at radius 1 is 1.44 bits per heavy atom. The van der Waals surface area contributed by atoms with Crippen molar-refractivity contribution in [3.8, 4) is 0 Å². The molecule has 0 aromatic carbocycles. The molecule has 1 saturated heterocycles. The maximum absolute atomic E-state index is 9.94. The molecule has 16 heavy (non-hydrogen) atoms. The van der Waals surface area contributed by atoms with Crippen LogP contribution in [0.15, 0.2) is 0 Å². The molecule has 0 aromatic heterocycles. The Morgan fingerprint density at radius 3 is 2.69 bits per heavy atom. The first-order chi connectivity index (χ1) is 7.42. The third kappa shape index (κ3) is 4.37. The maximum atomic E-state index is 9.94. The van der Waals surface area contributed by atoms with E-state index < -0.39 is 0 Å². The molecule has 2 N–H and O–H groups in total. The van der Waals surface area contributed by atoms with E-state index in [4.69, 9.17) is 4.74 Å². The topological polar surface area (TPSA) is 44.7 Å². The number of hydrogen-bond donors (Lipinski definition) is 2. The predicted molar refractivity (Wildman–Crippen MR) is 65.6 cm³/mol. The van der Waals surface area contributed by atoms with Crippen LogP contribution in [0.3, 0.4) is 0 Å². The molecule has 4 nitrogen and oxygen atoms in total. The van der Waals surface area contributed by atoms with Crippen LogP contribution < -0.4 is 5.32 Å². The van der Waals surface area contributed by atoms with Gasteiger partial charge in [-0.25, -0.2) is 0 Å². The van der Waals surface area contributed by atoms with Gasteiger partial charge in [0.2, 0.25) is 0 Å². The van der Waals surface area contributed by atoms with Crippen LogP contribution in [0, 0.1) is 0 Å². The Morgan fingerprint density at radius 2 is 2.12 bits per heavy atom. The molecule has 4 heteroatoms. The van der Waals surface area contributed by atoms with Crippen molar-refractivity contribution in [2.75, 3.05) is 32.8 Å². The fourth-order valence-corrected chi connectivity index (χ4v) is 1.92. The Kier molecular flexibility index (Phi) is 5.18. The zero-order chi connectivity index (χ0) is 12.2. The average molecular weight is 230 g/mol. The smallest absolute Gasteiger partial charge is 0.0791 e. The molecular weight excluding hydrogens is 204 g/mol. The van der Waals surface area contributed by atoms with Crippen LogP contribution in [-0.2, 0) is 4.74 Å². The first-order valence-electron chi connectivity index (χ1n) is 6.16. The van der Waals surface area contributed by atoms with Crippen molar-refractivity contribution in [3.63, 3.8) is 0 Å². The molecule has 0 radical (unpaired) electrons. The minimum atomic E-state index is -0.306. The van der Waals surface area contributed by atoms with Crippen LogP contribution in [0.4, 0.5) is 0 Å². The van der Waals surface area contributed by atoms with E-state index in [-0.39, 0.29) is 11.6 Å². The Bertz CT molecular complexity index is 207. The van der Waals surface area contributed by atoms with E-state index in [1.807, 2.05) is 0 Å². The number of β-amino-alcohol motifs (C(OH)–C–C–N with tert-alkyl or cyclic N) is 1. The van der Waals surface area contributed by atoms with Gasteiger partial charge in [-0.1, -0.05) is 13.8 Å². The zero-order valence-corrected chi connectivity index (χ0v) is 11.0.